The van der Waals surface area contributed by atoms with Gasteiger partial charge < -0.3 is 0 Å². The lowest BCUT2D eigenvalue weighted by Crippen LogP contribution is -1.98. The first-order valence-electron chi connectivity index (χ1n) is 20.8. The molecular weight excluding hydrogens is 785 g/mol. The van der Waals surface area contributed by atoms with Gasteiger partial charge in [0.05, 0.1) is 13.1 Å². The van der Waals surface area contributed by atoms with Crippen molar-refractivity contribution in [2.45, 2.75) is 13.1 Å². The minimum absolute atomic E-state index is 0. The fourth-order valence-electron chi connectivity index (χ4n) is 8.12. The van der Waals surface area contributed by atoms with Gasteiger partial charge in [0.1, 0.15) is 0 Å². The van der Waals surface area contributed by atoms with E-state index in [-0.39, 0.29) is 13.5 Å². The molecule has 63 heavy (non-hydrogen) atoms. The van der Waals surface area contributed by atoms with Crippen molar-refractivity contribution in [1.82, 2.24) is 4.98 Å². The van der Waals surface area contributed by atoms with Gasteiger partial charge in [0.15, 0.2) is 5.84 Å². The van der Waals surface area contributed by atoms with Crippen LogP contribution in [0.5, 0.6) is 0 Å². The molecule has 304 valence electrons. The Hall–Kier alpha value is -7.73. The third-order valence-electron chi connectivity index (χ3n) is 11.2. The Morgan fingerprint density at radius 3 is 1.71 bits per heavy atom. The van der Waals surface area contributed by atoms with Crippen LogP contribution in [0.4, 0.5) is 0 Å². The predicted molar refractivity (Wildman–Crippen MR) is 275 cm³/mol. The van der Waals surface area contributed by atoms with Crippen LogP contribution in [-0.4, -0.2) is 24.3 Å². The summed E-state index contributed by atoms with van der Waals surface area (Å²) < 4.78 is 0. The number of aromatic nitrogens is 1. The van der Waals surface area contributed by atoms with Crippen LogP contribution in [0.1, 0.15) is 16.7 Å². The van der Waals surface area contributed by atoms with Crippen molar-refractivity contribution in [1.29, 1.82) is 0 Å². The van der Waals surface area contributed by atoms with Gasteiger partial charge in [-0.1, -0.05) is 158 Å². The van der Waals surface area contributed by atoms with Gasteiger partial charge in [-0.05, 0) is 145 Å². The smallest absolute Gasteiger partial charge is 0.154 e. The fraction of sp³-hybridized carbons (Fsp3) is 0.0345. The zero-order valence-electron chi connectivity index (χ0n) is 34.9. The standard InChI is InChI=1S/C50H35N3.C8H9N.H2S/c1-51-50(36-11-3-2-4-12-36)53-32-34-25-43(38-15-9-14-37(27-38)40-22-21-35-23-24-52-33-45(35)29-40)30-44(26-34)39-16-10-17-41(28-39)49-31-42-13-5-6-18-46(42)47-19-7-8-20-48(47)49;1-9-7-8-5-3-2-4-6-8;/h2-31,33H,1,32H2;2-6H,1,7H2;1H2. The summed E-state index contributed by atoms with van der Waals surface area (Å²) in [7, 11) is 0. The third kappa shape index (κ3) is 9.60. The third-order valence-corrected chi connectivity index (χ3v) is 11.2. The zero-order valence-corrected chi connectivity index (χ0v) is 35.9. The minimum atomic E-state index is 0. The van der Waals surface area contributed by atoms with Crippen LogP contribution >= 0.6 is 13.5 Å². The summed E-state index contributed by atoms with van der Waals surface area (Å²) in [5.74, 6) is 0.635. The first-order valence-corrected chi connectivity index (χ1v) is 20.8. The molecule has 0 spiro atoms. The average molecular weight is 831 g/mol. The summed E-state index contributed by atoms with van der Waals surface area (Å²) >= 11 is 0. The topological polar surface area (TPSA) is 50.0 Å². The molecule has 10 aromatic rings. The van der Waals surface area contributed by atoms with E-state index in [1.54, 1.807) is 0 Å². The van der Waals surface area contributed by atoms with E-state index in [9.17, 15) is 0 Å². The molecule has 0 atom stereocenters. The van der Waals surface area contributed by atoms with Crippen molar-refractivity contribution in [3.05, 3.63) is 235 Å². The molecule has 5 heteroatoms. The predicted octanol–water partition coefficient (Wildman–Crippen LogP) is 14.9. The van der Waals surface area contributed by atoms with Crippen LogP contribution in [0.25, 0.3) is 76.8 Å². The van der Waals surface area contributed by atoms with Crippen molar-refractivity contribution in [2.75, 3.05) is 0 Å². The van der Waals surface area contributed by atoms with Crippen LogP contribution in [-0.2, 0) is 13.1 Å². The number of rotatable bonds is 9. The molecule has 9 aromatic carbocycles. The molecule has 0 amide bonds. The number of aliphatic imine (C=N–C) groups is 3. The molecule has 4 nitrogen and oxygen atoms in total. The van der Waals surface area contributed by atoms with Crippen LogP contribution in [0.3, 0.4) is 0 Å². The second kappa shape index (κ2) is 19.8. The maximum absolute atomic E-state index is 4.96. The molecule has 10 rings (SSSR count). The summed E-state index contributed by atoms with van der Waals surface area (Å²) in [6.45, 7) is 8.43. The van der Waals surface area contributed by atoms with Gasteiger partial charge >= 0.3 is 0 Å². The molecule has 0 N–H and O–H groups in total. The van der Waals surface area contributed by atoms with Gasteiger partial charge in [0.25, 0.3) is 0 Å². The lowest BCUT2D eigenvalue weighted by molar-refractivity contribution is 1.06. The van der Waals surface area contributed by atoms with E-state index in [1.807, 2.05) is 79.1 Å². The largest absolute Gasteiger partial charge is 0.296 e. The number of amidine groups is 1. The number of benzene rings is 9. The molecule has 0 fully saturated rings. The second-order valence-electron chi connectivity index (χ2n) is 15.2. The zero-order chi connectivity index (χ0) is 42.1. The molecule has 0 aliphatic rings. The molecule has 0 bridgehead atoms. The molecule has 0 unspecified atom stereocenters. The van der Waals surface area contributed by atoms with E-state index in [4.69, 9.17) is 4.99 Å². The van der Waals surface area contributed by atoms with E-state index in [0.29, 0.717) is 12.4 Å². The van der Waals surface area contributed by atoms with Crippen LogP contribution in [0, 0.1) is 0 Å². The van der Waals surface area contributed by atoms with E-state index in [2.05, 4.69) is 168 Å². The molecule has 0 aliphatic carbocycles. The SMILES string of the molecule is C=NC(=NCc1cc(-c2cccc(-c3ccc4ccncc4c3)c2)cc(-c2cccc(-c3cc4ccccc4c4ccccc34)c2)c1)c1ccccc1.C=NCc1ccccc1.S. The summed E-state index contributed by atoms with van der Waals surface area (Å²) in [4.78, 5) is 17.3. The first-order chi connectivity index (χ1) is 30.6. The molecule has 0 radical (unpaired) electrons. The number of nitrogens with zero attached hydrogens (tertiary/aromatic N) is 4. The molecule has 1 heterocycles. The van der Waals surface area contributed by atoms with Gasteiger partial charge in [-0.25, -0.2) is 4.99 Å². The Labute approximate surface area is 376 Å². The van der Waals surface area contributed by atoms with E-state index >= 15 is 0 Å². The van der Waals surface area contributed by atoms with Crippen molar-refractivity contribution >= 4 is 65.1 Å². The Balaban J connectivity index is 0.000000487. The Morgan fingerprint density at radius 2 is 1.00 bits per heavy atom. The normalized spacial score (nSPS) is 11.1. The molecule has 0 saturated carbocycles. The lowest BCUT2D eigenvalue weighted by atomic mass is 9.90. The highest BCUT2D eigenvalue weighted by molar-refractivity contribution is 7.59. The summed E-state index contributed by atoms with van der Waals surface area (Å²) in [6.07, 6.45) is 3.76. The Bertz CT molecular complexity index is 3230. The minimum Gasteiger partial charge on any atom is -0.296 e. The number of pyridine rings is 1. The second-order valence-corrected chi connectivity index (χ2v) is 15.2. The molecule has 0 aliphatic heterocycles. The summed E-state index contributed by atoms with van der Waals surface area (Å²) in [5.41, 5.74) is 12.5. The van der Waals surface area contributed by atoms with Crippen molar-refractivity contribution in [3.63, 3.8) is 0 Å². The van der Waals surface area contributed by atoms with Gasteiger partial charge in [0, 0.05) is 23.3 Å². The van der Waals surface area contributed by atoms with Gasteiger partial charge in [-0.15, -0.1) is 0 Å². The highest BCUT2D eigenvalue weighted by Crippen LogP contribution is 2.38. The van der Waals surface area contributed by atoms with Crippen LogP contribution < -0.4 is 0 Å². The monoisotopic (exact) mass is 830 g/mol. The first kappa shape index (κ1) is 42.0. The molecular formula is C58H46N4S. The van der Waals surface area contributed by atoms with Gasteiger partial charge in [0.2, 0.25) is 0 Å². The maximum Gasteiger partial charge on any atom is 0.154 e. The van der Waals surface area contributed by atoms with E-state index in [1.165, 1.54) is 43.6 Å². The summed E-state index contributed by atoms with van der Waals surface area (Å²) in [6, 6.07) is 72.9. The van der Waals surface area contributed by atoms with Crippen molar-refractivity contribution in [2.24, 2.45) is 15.0 Å². The Kier molecular flexibility index (Phi) is 13.2. The number of hydrogen-bond donors (Lipinski definition) is 0. The molecule has 1 aromatic heterocycles. The van der Waals surface area contributed by atoms with Crippen LogP contribution in [0.15, 0.2) is 234 Å². The highest BCUT2D eigenvalue weighted by Gasteiger charge is 2.12. The van der Waals surface area contributed by atoms with Crippen molar-refractivity contribution < 1.29 is 0 Å². The Morgan fingerprint density at radius 1 is 0.413 bits per heavy atom. The lowest BCUT2D eigenvalue weighted by Gasteiger charge is -2.14. The average Bonchev–Trinajstić information content (AvgIpc) is 3.35. The van der Waals surface area contributed by atoms with E-state index in [0.717, 1.165) is 56.4 Å². The number of hydrogen-bond acceptors (Lipinski definition) is 3. The fourth-order valence-corrected chi connectivity index (χ4v) is 8.12. The van der Waals surface area contributed by atoms with E-state index < -0.39 is 0 Å². The van der Waals surface area contributed by atoms with Gasteiger partial charge in [-0.3, -0.25) is 15.0 Å². The summed E-state index contributed by atoms with van der Waals surface area (Å²) in [5, 5.41) is 7.33. The number of fused-ring (bicyclic) bond motifs is 4. The molecule has 0 saturated heterocycles. The van der Waals surface area contributed by atoms with Crippen molar-refractivity contribution in [3.8, 4) is 44.5 Å². The van der Waals surface area contributed by atoms with Crippen LogP contribution in [0.2, 0.25) is 0 Å². The quantitative estimate of drug-likeness (QED) is 0.0812. The maximum atomic E-state index is 4.96. The highest BCUT2D eigenvalue weighted by atomic mass is 32.1. The van der Waals surface area contributed by atoms with Gasteiger partial charge in [-0.2, -0.15) is 13.5 Å².